The Morgan fingerprint density at radius 2 is 1.41 bits per heavy atom. The molecule has 0 aromatic heterocycles. The number of carbonyl (C=O) groups excluding carboxylic acids is 1. The summed E-state index contributed by atoms with van der Waals surface area (Å²) in [6, 6.07) is 16.6. The Morgan fingerprint density at radius 1 is 0.909 bits per heavy atom. The zero-order valence-corrected chi connectivity index (χ0v) is 14.4. The molecule has 2 rings (SSSR count). The molecule has 3 heteroatoms. The predicted molar refractivity (Wildman–Crippen MR) is 94.2 cm³/mol. The van der Waals surface area contributed by atoms with Crippen LogP contribution in [0.1, 0.15) is 36.6 Å². The van der Waals surface area contributed by atoms with Crippen LogP contribution in [-0.4, -0.2) is 11.2 Å². The minimum atomic E-state index is -0.115. The number of carbonyl (C=O) groups is 1. The largest absolute Gasteiger partial charge is 0.349 e. The summed E-state index contributed by atoms with van der Waals surface area (Å²) in [5.74, 6) is 0.0682. The van der Waals surface area contributed by atoms with Crippen molar-refractivity contribution in [1.29, 1.82) is 0 Å². The third-order valence-electron chi connectivity index (χ3n) is 3.64. The maximum atomic E-state index is 12.3. The highest BCUT2D eigenvalue weighted by atomic mass is 32.2. The highest BCUT2D eigenvalue weighted by Gasteiger charge is 2.17. The number of aryl methyl sites for hydroxylation is 2. The lowest BCUT2D eigenvalue weighted by Gasteiger charge is -2.18. The smallest absolute Gasteiger partial charge is 0.233 e. The lowest BCUT2D eigenvalue weighted by atomic mass is 10.1. The maximum absolute atomic E-state index is 12.3. The SMILES string of the molecule is Cc1ccc(S[C@@H](C)C(=O)N[C@@H](C)c2ccc(C)cc2)cc1. The van der Waals surface area contributed by atoms with Gasteiger partial charge in [-0.3, -0.25) is 4.79 Å². The fraction of sp³-hybridized carbons (Fsp3) is 0.316. The summed E-state index contributed by atoms with van der Waals surface area (Å²) in [5, 5.41) is 2.97. The molecule has 0 aliphatic rings. The number of nitrogens with one attached hydrogen (secondary N) is 1. The van der Waals surface area contributed by atoms with Crippen molar-refractivity contribution < 1.29 is 4.79 Å². The Balaban J connectivity index is 1.93. The van der Waals surface area contributed by atoms with E-state index >= 15 is 0 Å². The van der Waals surface area contributed by atoms with Gasteiger partial charge in [0.2, 0.25) is 5.91 Å². The van der Waals surface area contributed by atoms with Crippen LogP contribution >= 0.6 is 11.8 Å². The second-order valence-electron chi connectivity index (χ2n) is 5.71. The summed E-state index contributed by atoms with van der Waals surface area (Å²) in [7, 11) is 0. The van der Waals surface area contributed by atoms with E-state index in [1.165, 1.54) is 11.1 Å². The van der Waals surface area contributed by atoms with Crippen molar-refractivity contribution in [3.8, 4) is 0 Å². The van der Waals surface area contributed by atoms with E-state index in [0.29, 0.717) is 0 Å². The second-order valence-corrected chi connectivity index (χ2v) is 7.13. The van der Waals surface area contributed by atoms with Crippen LogP contribution in [0.2, 0.25) is 0 Å². The number of hydrogen-bond donors (Lipinski definition) is 1. The fourth-order valence-electron chi connectivity index (χ4n) is 2.14. The van der Waals surface area contributed by atoms with Crippen molar-refractivity contribution in [2.45, 2.75) is 43.9 Å². The van der Waals surface area contributed by atoms with Gasteiger partial charge in [0.05, 0.1) is 11.3 Å². The molecule has 0 radical (unpaired) electrons. The van der Waals surface area contributed by atoms with Crippen LogP contribution < -0.4 is 5.32 Å². The van der Waals surface area contributed by atoms with Crippen molar-refractivity contribution >= 4 is 17.7 Å². The van der Waals surface area contributed by atoms with Crippen molar-refractivity contribution in [2.24, 2.45) is 0 Å². The van der Waals surface area contributed by atoms with E-state index in [-0.39, 0.29) is 17.2 Å². The molecule has 0 saturated carbocycles. The van der Waals surface area contributed by atoms with Gasteiger partial charge in [0.15, 0.2) is 0 Å². The summed E-state index contributed by atoms with van der Waals surface area (Å²) >= 11 is 1.59. The molecule has 2 aromatic carbocycles. The van der Waals surface area contributed by atoms with Crippen LogP contribution in [0.25, 0.3) is 0 Å². The van der Waals surface area contributed by atoms with E-state index in [1.54, 1.807) is 11.8 Å². The Bertz CT molecular complexity index is 619. The maximum Gasteiger partial charge on any atom is 0.233 e. The molecular formula is C19H23NOS. The highest BCUT2D eigenvalue weighted by Crippen LogP contribution is 2.24. The molecule has 1 N–H and O–H groups in total. The zero-order valence-electron chi connectivity index (χ0n) is 13.6. The fourth-order valence-corrected chi connectivity index (χ4v) is 3.02. The van der Waals surface area contributed by atoms with Crippen LogP contribution in [-0.2, 0) is 4.79 Å². The summed E-state index contributed by atoms with van der Waals surface area (Å²) in [4.78, 5) is 13.5. The van der Waals surface area contributed by atoms with Crippen LogP contribution in [0.3, 0.4) is 0 Å². The Hall–Kier alpha value is -1.74. The first kappa shape index (κ1) is 16.6. The van der Waals surface area contributed by atoms with Crippen LogP contribution in [0.15, 0.2) is 53.4 Å². The van der Waals surface area contributed by atoms with Crippen molar-refractivity contribution in [1.82, 2.24) is 5.32 Å². The first-order chi connectivity index (χ1) is 10.5. The number of amides is 1. The van der Waals surface area contributed by atoms with E-state index in [0.717, 1.165) is 10.5 Å². The van der Waals surface area contributed by atoms with Crippen molar-refractivity contribution in [3.05, 3.63) is 65.2 Å². The van der Waals surface area contributed by atoms with Gasteiger partial charge >= 0.3 is 0 Å². The molecule has 0 aliphatic carbocycles. The summed E-state index contributed by atoms with van der Waals surface area (Å²) in [6.45, 7) is 8.09. The Morgan fingerprint density at radius 3 is 1.95 bits per heavy atom. The Kier molecular flexibility index (Phi) is 5.67. The first-order valence-corrected chi connectivity index (χ1v) is 8.44. The number of hydrogen-bond acceptors (Lipinski definition) is 2. The number of benzene rings is 2. The second kappa shape index (κ2) is 7.50. The monoisotopic (exact) mass is 313 g/mol. The van der Waals surface area contributed by atoms with Gasteiger partial charge in [-0.1, -0.05) is 47.5 Å². The van der Waals surface area contributed by atoms with Gasteiger partial charge in [-0.05, 0) is 45.4 Å². The first-order valence-electron chi connectivity index (χ1n) is 7.56. The van der Waals surface area contributed by atoms with Gasteiger partial charge in [0.25, 0.3) is 0 Å². The summed E-state index contributed by atoms with van der Waals surface area (Å²) < 4.78 is 0. The molecule has 0 heterocycles. The number of thioether (sulfide) groups is 1. The predicted octanol–water partition coefficient (Wildman–Crippen LogP) is 4.66. The van der Waals surface area contributed by atoms with E-state index in [2.05, 4.69) is 67.7 Å². The molecule has 0 aliphatic heterocycles. The highest BCUT2D eigenvalue weighted by molar-refractivity contribution is 8.00. The van der Waals surface area contributed by atoms with Crippen molar-refractivity contribution in [3.63, 3.8) is 0 Å². The van der Waals surface area contributed by atoms with Gasteiger partial charge in [-0.2, -0.15) is 0 Å². The van der Waals surface area contributed by atoms with Crippen LogP contribution in [0.4, 0.5) is 0 Å². The molecule has 2 aromatic rings. The summed E-state index contributed by atoms with van der Waals surface area (Å²) in [6.07, 6.45) is 0. The Labute approximate surface area is 137 Å². The molecular weight excluding hydrogens is 290 g/mol. The lowest BCUT2D eigenvalue weighted by molar-refractivity contribution is -0.120. The normalized spacial score (nSPS) is 13.5. The zero-order chi connectivity index (χ0) is 16.1. The molecule has 0 saturated heterocycles. The third kappa shape index (κ3) is 4.63. The van der Waals surface area contributed by atoms with Crippen LogP contribution in [0, 0.1) is 13.8 Å². The quantitative estimate of drug-likeness (QED) is 0.813. The minimum Gasteiger partial charge on any atom is -0.349 e. The number of rotatable bonds is 5. The van der Waals surface area contributed by atoms with Gasteiger partial charge < -0.3 is 5.32 Å². The average molecular weight is 313 g/mol. The molecule has 22 heavy (non-hydrogen) atoms. The standard InChI is InChI=1S/C19H23NOS/c1-13-5-9-17(10-6-13)15(3)20-19(21)16(4)22-18-11-7-14(2)8-12-18/h5-12,15-16H,1-4H3,(H,20,21)/t15-,16-/m0/s1. The molecule has 1 amide bonds. The van der Waals surface area contributed by atoms with Gasteiger partial charge in [0.1, 0.15) is 0 Å². The summed E-state index contributed by atoms with van der Waals surface area (Å²) in [5.41, 5.74) is 3.59. The van der Waals surface area contributed by atoms with Gasteiger partial charge in [0, 0.05) is 4.90 Å². The molecule has 2 atom stereocenters. The van der Waals surface area contributed by atoms with E-state index in [4.69, 9.17) is 0 Å². The molecule has 0 spiro atoms. The van der Waals surface area contributed by atoms with Crippen molar-refractivity contribution in [2.75, 3.05) is 0 Å². The molecule has 0 bridgehead atoms. The topological polar surface area (TPSA) is 29.1 Å². The molecule has 116 valence electrons. The van der Waals surface area contributed by atoms with Gasteiger partial charge in [-0.15, -0.1) is 11.8 Å². The molecule has 0 fully saturated rings. The van der Waals surface area contributed by atoms with E-state index in [1.807, 2.05) is 13.8 Å². The van der Waals surface area contributed by atoms with Gasteiger partial charge in [-0.25, -0.2) is 0 Å². The minimum absolute atomic E-state index is 0.0224. The van der Waals surface area contributed by atoms with Crippen LogP contribution in [0.5, 0.6) is 0 Å². The third-order valence-corrected chi connectivity index (χ3v) is 4.75. The average Bonchev–Trinajstić information content (AvgIpc) is 2.50. The molecule has 0 unspecified atom stereocenters. The molecule has 2 nitrogen and oxygen atoms in total. The van der Waals surface area contributed by atoms with E-state index < -0.39 is 0 Å². The lowest BCUT2D eigenvalue weighted by Crippen LogP contribution is -2.33. The van der Waals surface area contributed by atoms with E-state index in [9.17, 15) is 4.79 Å².